The molecule has 4 heteroatoms. The van der Waals surface area contributed by atoms with E-state index in [-0.39, 0.29) is 11.7 Å². The van der Waals surface area contributed by atoms with Crippen LogP contribution in [-0.2, 0) is 9.59 Å². The van der Waals surface area contributed by atoms with Gasteiger partial charge in [0.15, 0.2) is 5.78 Å². The van der Waals surface area contributed by atoms with Crippen LogP contribution >= 0.6 is 0 Å². The summed E-state index contributed by atoms with van der Waals surface area (Å²) in [4.78, 5) is 24.3. The molecule has 1 aliphatic heterocycles. The van der Waals surface area contributed by atoms with E-state index in [1.165, 1.54) is 11.8 Å². The number of aliphatic hydroxyl groups excluding tert-OH is 1. The smallest absolute Gasteiger partial charge is 0.223 e. The molecule has 0 radical (unpaired) electrons. The lowest BCUT2D eigenvalue weighted by Gasteiger charge is -2.21. The topological polar surface area (TPSA) is 57.6 Å². The Bertz CT molecular complexity index is 240. The Morgan fingerprint density at radius 1 is 1.50 bits per heavy atom. The molecule has 1 saturated heterocycles. The third-order valence-electron chi connectivity index (χ3n) is 2.53. The summed E-state index contributed by atoms with van der Waals surface area (Å²) in [6, 6.07) is -0.399. The molecule has 0 aliphatic carbocycles. The molecular formula is C10H17NO3. The van der Waals surface area contributed by atoms with Crippen molar-refractivity contribution < 1.29 is 14.7 Å². The summed E-state index contributed by atoms with van der Waals surface area (Å²) >= 11 is 0. The number of carbonyl (C=O) groups excluding carboxylic acids is 2. The van der Waals surface area contributed by atoms with Crippen LogP contribution in [0.15, 0.2) is 0 Å². The summed E-state index contributed by atoms with van der Waals surface area (Å²) in [5.74, 6) is -0.0600. The molecule has 0 aromatic heterocycles. The number of ketones is 1. The first kappa shape index (κ1) is 11.2. The number of carbonyl (C=O) groups is 2. The highest BCUT2D eigenvalue weighted by Gasteiger charge is 2.36. The molecule has 0 bridgehead atoms. The lowest BCUT2D eigenvalue weighted by atomic mass is 10.1. The second-order valence-electron chi connectivity index (χ2n) is 3.81. The molecule has 0 aromatic rings. The zero-order valence-electron chi connectivity index (χ0n) is 8.69. The van der Waals surface area contributed by atoms with Gasteiger partial charge in [0.25, 0.3) is 0 Å². The molecule has 0 saturated carbocycles. The molecule has 1 fully saturated rings. The van der Waals surface area contributed by atoms with E-state index in [2.05, 4.69) is 0 Å². The Hall–Kier alpha value is -0.900. The summed E-state index contributed by atoms with van der Waals surface area (Å²) in [6.07, 6.45) is 1.09. The summed E-state index contributed by atoms with van der Waals surface area (Å²) in [6.45, 7) is 3.70. The highest BCUT2D eigenvalue weighted by molar-refractivity contribution is 5.88. The van der Waals surface area contributed by atoms with E-state index in [9.17, 15) is 14.7 Å². The number of nitrogens with zero attached hydrogens (tertiary/aromatic N) is 1. The second kappa shape index (κ2) is 4.55. The SMILES string of the molecule is CCCC(=O)N1C[C@H](O)C[C@H]1C(C)=O. The predicted molar refractivity (Wildman–Crippen MR) is 51.7 cm³/mol. The van der Waals surface area contributed by atoms with Gasteiger partial charge in [-0.05, 0) is 13.3 Å². The molecule has 1 heterocycles. The van der Waals surface area contributed by atoms with Crippen LogP contribution < -0.4 is 0 Å². The average Bonchev–Trinajstić information content (AvgIpc) is 2.48. The van der Waals surface area contributed by atoms with Crippen LogP contribution in [0.1, 0.15) is 33.1 Å². The Kier molecular flexibility index (Phi) is 3.63. The fraction of sp³-hybridized carbons (Fsp3) is 0.800. The molecule has 2 atom stereocenters. The van der Waals surface area contributed by atoms with Gasteiger partial charge < -0.3 is 10.0 Å². The maximum absolute atomic E-state index is 11.6. The zero-order valence-corrected chi connectivity index (χ0v) is 8.69. The van der Waals surface area contributed by atoms with Crippen LogP contribution in [0.5, 0.6) is 0 Å². The van der Waals surface area contributed by atoms with Crippen LogP contribution in [0.25, 0.3) is 0 Å². The first-order chi connectivity index (χ1) is 6.56. The summed E-state index contributed by atoms with van der Waals surface area (Å²) in [5, 5.41) is 9.39. The summed E-state index contributed by atoms with van der Waals surface area (Å²) in [7, 11) is 0. The Balaban J connectivity index is 2.66. The number of rotatable bonds is 3. The quantitative estimate of drug-likeness (QED) is 0.713. The van der Waals surface area contributed by atoms with Crippen LogP contribution in [-0.4, -0.2) is 40.4 Å². The second-order valence-corrected chi connectivity index (χ2v) is 3.81. The van der Waals surface area contributed by atoms with Crippen LogP contribution in [0, 0.1) is 0 Å². The van der Waals surface area contributed by atoms with Crippen molar-refractivity contribution in [2.75, 3.05) is 6.54 Å². The molecule has 0 aromatic carbocycles. The van der Waals surface area contributed by atoms with Gasteiger partial charge in [-0.3, -0.25) is 9.59 Å². The average molecular weight is 199 g/mol. The zero-order chi connectivity index (χ0) is 10.7. The third kappa shape index (κ3) is 2.32. The number of amides is 1. The lowest BCUT2D eigenvalue weighted by molar-refractivity contribution is -0.137. The Morgan fingerprint density at radius 2 is 2.14 bits per heavy atom. The minimum absolute atomic E-state index is 0.0238. The first-order valence-corrected chi connectivity index (χ1v) is 5.04. The van der Waals surface area contributed by atoms with Crippen molar-refractivity contribution in [2.45, 2.75) is 45.3 Å². The molecule has 1 rings (SSSR count). The number of aliphatic hydroxyl groups is 1. The van der Waals surface area contributed by atoms with E-state index in [1.54, 1.807) is 0 Å². The number of hydrogen-bond acceptors (Lipinski definition) is 3. The maximum atomic E-state index is 11.6. The number of likely N-dealkylation sites (tertiary alicyclic amines) is 1. The van der Waals surface area contributed by atoms with Gasteiger partial charge >= 0.3 is 0 Å². The standard InChI is InChI=1S/C10H17NO3/c1-3-4-10(14)11-6-8(13)5-9(11)7(2)12/h8-9,13H,3-6H2,1-2H3/t8-,9+/m1/s1. The van der Waals surface area contributed by atoms with Gasteiger partial charge in [-0.2, -0.15) is 0 Å². The van der Waals surface area contributed by atoms with Gasteiger partial charge in [0.2, 0.25) is 5.91 Å². The molecule has 1 amide bonds. The van der Waals surface area contributed by atoms with E-state index in [4.69, 9.17) is 0 Å². The van der Waals surface area contributed by atoms with Crippen molar-refractivity contribution in [2.24, 2.45) is 0 Å². The number of Topliss-reactive ketones (excluding diaryl/α,β-unsaturated/α-hetero) is 1. The molecule has 4 nitrogen and oxygen atoms in total. The van der Waals surface area contributed by atoms with Crippen molar-refractivity contribution in [1.29, 1.82) is 0 Å². The van der Waals surface area contributed by atoms with Crippen molar-refractivity contribution >= 4 is 11.7 Å². The Morgan fingerprint density at radius 3 is 2.64 bits per heavy atom. The van der Waals surface area contributed by atoms with E-state index >= 15 is 0 Å². The fourth-order valence-corrected chi connectivity index (χ4v) is 1.83. The highest BCUT2D eigenvalue weighted by atomic mass is 16.3. The van der Waals surface area contributed by atoms with Crippen LogP contribution in [0.3, 0.4) is 0 Å². The maximum Gasteiger partial charge on any atom is 0.223 e. The van der Waals surface area contributed by atoms with Gasteiger partial charge in [-0.1, -0.05) is 6.92 Å². The van der Waals surface area contributed by atoms with Crippen molar-refractivity contribution in [3.8, 4) is 0 Å². The third-order valence-corrected chi connectivity index (χ3v) is 2.53. The largest absolute Gasteiger partial charge is 0.391 e. The Labute approximate surface area is 83.9 Å². The lowest BCUT2D eigenvalue weighted by Crippen LogP contribution is -2.39. The van der Waals surface area contributed by atoms with Gasteiger partial charge in [0.1, 0.15) is 0 Å². The van der Waals surface area contributed by atoms with Crippen molar-refractivity contribution in [3.63, 3.8) is 0 Å². The first-order valence-electron chi connectivity index (χ1n) is 5.04. The molecular weight excluding hydrogens is 182 g/mol. The van der Waals surface area contributed by atoms with Crippen LogP contribution in [0.2, 0.25) is 0 Å². The molecule has 80 valence electrons. The molecule has 14 heavy (non-hydrogen) atoms. The number of hydrogen-bond donors (Lipinski definition) is 1. The molecule has 0 unspecified atom stereocenters. The van der Waals surface area contributed by atoms with Crippen molar-refractivity contribution in [3.05, 3.63) is 0 Å². The minimum Gasteiger partial charge on any atom is -0.391 e. The van der Waals surface area contributed by atoms with Gasteiger partial charge in [0, 0.05) is 19.4 Å². The monoisotopic (exact) mass is 199 g/mol. The summed E-state index contributed by atoms with van der Waals surface area (Å²) in [5.41, 5.74) is 0. The van der Waals surface area contributed by atoms with E-state index < -0.39 is 12.1 Å². The molecule has 1 N–H and O–H groups in total. The van der Waals surface area contributed by atoms with Gasteiger partial charge in [-0.25, -0.2) is 0 Å². The van der Waals surface area contributed by atoms with E-state index in [0.717, 1.165) is 6.42 Å². The highest BCUT2D eigenvalue weighted by Crippen LogP contribution is 2.19. The molecule has 1 aliphatic rings. The normalized spacial score (nSPS) is 26.6. The number of β-amino-alcohol motifs (C(OH)–C–C–N with tert-alkyl or cyclic N) is 1. The fourth-order valence-electron chi connectivity index (χ4n) is 1.83. The van der Waals surface area contributed by atoms with E-state index in [1.807, 2.05) is 6.92 Å². The van der Waals surface area contributed by atoms with Crippen molar-refractivity contribution in [1.82, 2.24) is 4.90 Å². The van der Waals surface area contributed by atoms with Crippen LogP contribution in [0.4, 0.5) is 0 Å². The molecule has 0 spiro atoms. The van der Waals surface area contributed by atoms with Gasteiger partial charge in [-0.15, -0.1) is 0 Å². The summed E-state index contributed by atoms with van der Waals surface area (Å²) < 4.78 is 0. The van der Waals surface area contributed by atoms with E-state index in [0.29, 0.717) is 19.4 Å². The predicted octanol–water partition coefficient (Wildman–Crippen LogP) is 0.337. The van der Waals surface area contributed by atoms with Gasteiger partial charge in [0.05, 0.1) is 12.1 Å². The minimum atomic E-state index is -0.537.